The SMILES string of the molecule is O=[C-]NCCCCCNC(=O)CC1(CC(=O)O)CCCC1.[Fm]. The van der Waals surface area contributed by atoms with Crippen molar-refractivity contribution in [2.24, 2.45) is 5.41 Å². The Hall–Kier alpha value is -2.59. The molecule has 22 heavy (non-hydrogen) atoms. The maximum absolute atomic E-state index is 12.0. The Balaban J connectivity index is 0.00000441. The number of nitrogens with one attached hydrogen (secondary N) is 2. The van der Waals surface area contributed by atoms with E-state index in [0.717, 1.165) is 44.9 Å². The second-order valence-corrected chi connectivity index (χ2v) is 5.89. The van der Waals surface area contributed by atoms with Crippen molar-refractivity contribution in [3.05, 3.63) is 0 Å². The molecule has 0 bridgehead atoms. The molecule has 0 heterocycles. The Labute approximate surface area is 125 Å². The van der Waals surface area contributed by atoms with Gasteiger partial charge in [0.25, 0.3) is 0 Å². The molecule has 0 saturated heterocycles. The van der Waals surface area contributed by atoms with Gasteiger partial charge in [-0.3, -0.25) is 9.59 Å². The molecule has 7 heteroatoms. The molecule has 2 amide bonds. The van der Waals surface area contributed by atoms with Crippen molar-refractivity contribution in [1.82, 2.24) is 10.6 Å². The van der Waals surface area contributed by atoms with Crippen LogP contribution in [0.3, 0.4) is 0 Å². The molecular formula is C15H25FmN2O4-. The number of unbranched alkanes of at least 4 members (excludes halogenated alkanes) is 2. The number of carboxylic acids is 1. The van der Waals surface area contributed by atoms with Crippen LogP contribution in [0.25, 0.3) is 0 Å². The molecular weight excluding hydrogens is 529 g/mol. The molecule has 0 aromatic heterocycles. The van der Waals surface area contributed by atoms with Gasteiger partial charge in [-0.2, -0.15) is 6.41 Å². The van der Waals surface area contributed by atoms with Crippen LogP contribution in [-0.2, 0) is 14.4 Å². The molecule has 6 nitrogen and oxygen atoms in total. The third-order valence-corrected chi connectivity index (χ3v) is 4.10. The number of aliphatic carboxylic acids is 1. The quantitative estimate of drug-likeness (QED) is 0.204. The van der Waals surface area contributed by atoms with Crippen LogP contribution in [0.5, 0.6) is 0 Å². The van der Waals surface area contributed by atoms with Gasteiger partial charge in [0.15, 0.2) is 0 Å². The normalized spacial score (nSPS) is 15.6. The van der Waals surface area contributed by atoms with Gasteiger partial charge in [0, 0.05) is 13.0 Å². The first-order valence-corrected chi connectivity index (χ1v) is 7.66. The summed E-state index contributed by atoms with van der Waals surface area (Å²) in [6.07, 6.45) is 8.38. The van der Waals surface area contributed by atoms with Crippen LogP contribution in [0.2, 0.25) is 0 Å². The number of rotatable bonds is 11. The van der Waals surface area contributed by atoms with E-state index in [2.05, 4.69) is 10.6 Å². The number of hydrogen-bond donors (Lipinski definition) is 3. The summed E-state index contributed by atoms with van der Waals surface area (Å²) in [6.45, 7) is 1.21. The van der Waals surface area contributed by atoms with Gasteiger partial charge in [0.05, 0.1) is 6.42 Å². The zero-order valence-electron chi connectivity index (χ0n) is 12.7. The van der Waals surface area contributed by atoms with Crippen LogP contribution >= 0.6 is 0 Å². The molecule has 132 valence electrons. The molecule has 0 aliphatic heterocycles. The van der Waals surface area contributed by atoms with Gasteiger partial charge in [-0.1, -0.05) is 19.3 Å². The van der Waals surface area contributed by atoms with Crippen LogP contribution in [0.15, 0.2) is 0 Å². The summed E-state index contributed by atoms with van der Waals surface area (Å²) in [5.74, 6) is -0.860. The molecule has 1 aliphatic carbocycles. The minimum Gasteiger partial charge on any atom is -0.530 e. The van der Waals surface area contributed by atoms with Gasteiger partial charge in [0.2, 0.25) is 5.91 Å². The molecule has 1 rings (SSSR count). The fourth-order valence-electron chi connectivity index (χ4n) is 3.06. The van der Waals surface area contributed by atoms with Crippen LogP contribution in [-0.4, -0.2) is 36.5 Å². The summed E-state index contributed by atoms with van der Waals surface area (Å²) in [7, 11) is 0. The monoisotopic (exact) mass is 554 g/mol. The van der Waals surface area contributed by atoms with E-state index >= 15 is 0 Å². The fourth-order valence-corrected chi connectivity index (χ4v) is 3.06. The number of amides is 2. The van der Waals surface area contributed by atoms with E-state index in [1.165, 1.54) is 0 Å². The van der Waals surface area contributed by atoms with Crippen LogP contribution in [0.1, 0.15) is 57.8 Å². The van der Waals surface area contributed by atoms with Crippen LogP contribution in [0, 0.1) is 5.41 Å². The number of carbonyl (C=O) groups is 2. The number of carboxylic acid groups (broad SMARTS) is 1. The van der Waals surface area contributed by atoms with E-state index in [4.69, 9.17) is 5.11 Å². The summed E-state index contributed by atoms with van der Waals surface area (Å²) in [6, 6.07) is 0. The van der Waals surface area contributed by atoms with Gasteiger partial charge < -0.3 is 20.5 Å². The van der Waals surface area contributed by atoms with E-state index in [1.54, 1.807) is 6.41 Å². The summed E-state index contributed by atoms with van der Waals surface area (Å²) in [5, 5.41) is 14.3. The number of carbonyl (C=O) groups excluding carboxylic acids is 2. The molecule has 0 aromatic rings. The van der Waals surface area contributed by atoms with Gasteiger partial charge >= 0.3 is 5.97 Å². The Bertz CT molecular complexity index is 357. The molecule has 3 N–H and O–H groups in total. The maximum atomic E-state index is 12.0. The van der Waals surface area contributed by atoms with Gasteiger partial charge in [-0.15, -0.1) is 0 Å². The van der Waals surface area contributed by atoms with Crippen molar-refractivity contribution in [3.63, 3.8) is 0 Å². The zero-order chi connectivity index (χ0) is 15.6. The standard InChI is InChI=1S/C15H25N2O4.Fm/c18-12-16-8-4-1-5-9-17-13(19)10-15(11-14(20)21)6-2-3-7-15;/h1-11H2,(H,16,18)(H,17,19)(H,20,21);/q-1;. The average molecular weight is 554 g/mol. The minimum absolute atomic E-state index is 0. The molecule has 1 aliphatic rings. The molecule has 0 aromatic carbocycles. The third kappa shape index (κ3) is 7.26. The smallest absolute Gasteiger partial charge is 0.303 e. The third-order valence-electron chi connectivity index (χ3n) is 4.10. The van der Waals surface area contributed by atoms with Gasteiger partial charge in [-0.05, 0) is 37.6 Å². The van der Waals surface area contributed by atoms with Crippen LogP contribution in [0.4, 0.5) is 0 Å². The summed E-state index contributed by atoms with van der Waals surface area (Å²) < 4.78 is 0. The molecule has 0 spiro atoms. The van der Waals surface area contributed by atoms with Crippen molar-refractivity contribution in [2.45, 2.75) is 57.8 Å². The number of hydrogen-bond acceptors (Lipinski definition) is 3. The predicted molar refractivity (Wildman–Crippen MR) is 78.3 cm³/mol. The maximum Gasteiger partial charge on any atom is 0.303 e. The van der Waals surface area contributed by atoms with E-state index < -0.39 is 5.97 Å². The Kier molecular flexibility index (Phi) is 8.98. The van der Waals surface area contributed by atoms with E-state index in [1.807, 2.05) is 0 Å². The molecule has 0 unspecified atom stereocenters. The van der Waals surface area contributed by atoms with Crippen molar-refractivity contribution >= 4 is 18.3 Å². The summed E-state index contributed by atoms with van der Waals surface area (Å²) in [5.41, 5.74) is -0.334. The topological polar surface area (TPSA) is 95.5 Å². The van der Waals surface area contributed by atoms with E-state index in [-0.39, 0.29) is 17.7 Å². The zero-order valence-corrected chi connectivity index (χ0v) is 15.1. The summed E-state index contributed by atoms with van der Waals surface area (Å²) in [4.78, 5) is 32.8. The largest absolute Gasteiger partial charge is 0.530 e. The van der Waals surface area contributed by atoms with E-state index in [0.29, 0.717) is 19.5 Å². The summed E-state index contributed by atoms with van der Waals surface area (Å²) >= 11 is 0. The predicted octanol–water partition coefficient (Wildman–Crippen LogP) is 1.35. The molecule has 1 saturated carbocycles. The molecule has 0 atom stereocenters. The second kappa shape index (κ2) is 10.2. The first-order valence-electron chi connectivity index (χ1n) is 7.66. The first-order chi connectivity index (χ1) is 10.1. The van der Waals surface area contributed by atoms with Crippen molar-refractivity contribution in [2.75, 3.05) is 13.1 Å². The Morgan fingerprint density at radius 1 is 1.05 bits per heavy atom. The van der Waals surface area contributed by atoms with Crippen molar-refractivity contribution in [3.8, 4) is 0 Å². The molecule has 0 radical (unpaired) electrons. The fraction of sp³-hybridized carbons (Fsp3) is 0.800. The minimum atomic E-state index is -0.816. The first kappa shape index (κ1) is 19.4. The Morgan fingerprint density at radius 3 is 2.27 bits per heavy atom. The van der Waals surface area contributed by atoms with Crippen LogP contribution < -0.4 is 10.6 Å². The molecule has 1 fully saturated rings. The van der Waals surface area contributed by atoms with Crippen molar-refractivity contribution < 1.29 is 19.5 Å². The van der Waals surface area contributed by atoms with Gasteiger partial charge in [-0.25, -0.2) is 0 Å². The second-order valence-electron chi connectivity index (χ2n) is 5.89. The Morgan fingerprint density at radius 2 is 1.68 bits per heavy atom. The average Bonchev–Trinajstić information content (AvgIpc) is 2.84. The van der Waals surface area contributed by atoms with Gasteiger partial charge in [0.1, 0.15) is 0 Å². The van der Waals surface area contributed by atoms with Crippen molar-refractivity contribution in [1.29, 1.82) is 0 Å². The van der Waals surface area contributed by atoms with E-state index in [9.17, 15) is 14.4 Å².